The van der Waals surface area contributed by atoms with Gasteiger partial charge in [-0.05, 0) is 54.5 Å². The molecule has 1 heterocycles. The van der Waals surface area contributed by atoms with Crippen molar-refractivity contribution in [3.05, 3.63) is 107 Å². The molecule has 0 aliphatic heterocycles. The summed E-state index contributed by atoms with van der Waals surface area (Å²) in [6.45, 7) is 2.48. The normalized spacial score (nSPS) is 11.3. The van der Waals surface area contributed by atoms with E-state index in [9.17, 15) is 14.4 Å². The summed E-state index contributed by atoms with van der Waals surface area (Å²) in [5.41, 5.74) is 4.37. The minimum absolute atomic E-state index is 0.0196. The molecule has 152 valence electrons. The van der Waals surface area contributed by atoms with E-state index in [0.29, 0.717) is 12.2 Å². The van der Waals surface area contributed by atoms with E-state index < -0.39 is 5.91 Å². The van der Waals surface area contributed by atoms with Crippen LogP contribution in [0.5, 0.6) is 0 Å². The van der Waals surface area contributed by atoms with Crippen LogP contribution in [0.3, 0.4) is 0 Å². The van der Waals surface area contributed by atoms with Crippen molar-refractivity contribution >= 4 is 28.6 Å². The predicted octanol–water partition coefficient (Wildman–Crippen LogP) is 5.68. The molecule has 0 unspecified atom stereocenters. The smallest absolute Gasteiger partial charge is 0.266 e. The van der Waals surface area contributed by atoms with E-state index >= 15 is 0 Å². The average molecular weight is 409 g/mol. The molecule has 31 heavy (non-hydrogen) atoms. The summed E-state index contributed by atoms with van der Waals surface area (Å²) in [5, 5.41) is 13.3. The maximum Gasteiger partial charge on any atom is 0.266 e. The molecule has 1 N–H and O–H groups in total. The van der Waals surface area contributed by atoms with E-state index in [1.54, 1.807) is 24.3 Å². The zero-order chi connectivity index (χ0) is 21.8. The van der Waals surface area contributed by atoms with Gasteiger partial charge >= 0.3 is 0 Å². The maximum absolute atomic E-state index is 13.2. The summed E-state index contributed by atoms with van der Waals surface area (Å²) < 4.78 is 15.3. The molecule has 4 nitrogen and oxygen atoms in total. The first kappa shape index (κ1) is 20.1. The Kier molecular flexibility index (Phi) is 5.63. The molecule has 5 heteroatoms. The Morgan fingerprint density at radius 1 is 1.10 bits per heavy atom. The zero-order valence-electron chi connectivity index (χ0n) is 17.0. The molecule has 3 aromatic carbocycles. The summed E-state index contributed by atoms with van der Waals surface area (Å²) in [5.74, 6) is -0.730. The molecule has 0 saturated carbocycles. The van der Waals surface area contributed by atoms with Crippen molar-refractivity contribution < 1.29 is 9.18 Å². The van der Waals surface area contributed by atoms with Crippen LogP contribution < -0.4 is 5.32 Å². The van der Waals surface area contributed by atoms with Crippen LogP contribution in [0.2, 0.25) is 0 Å². The van der Waals surface area contributed by atoms with Gasteiger partial charge in [0.25, 0.3) is 5.91 Å². The fraction of sp³-hybridized carbons (Fsp3) is 0.0769. The fourth-order valence-corrected chi connectivity index (χ4v) is 3.53. The summed E-state index contributed by atoms with van der Waals surface area (Å²) in [7, 11) is 0. The van der Waals surface area contributed by atoms with Gasteiger partial charge in [-0.15, -0.1) is 0 Å². The van der Waals surface area contributed by atoms with Gasteiger partial charge in [-0.3, -0.25) is 4.79 Å². The van der Waals surface area contributed by atoms with Gasteiger partial charge in [-0.25, -0.2) is 4.39 Å². The van der Waals surface area contributed by atoms with Crippen molar-refractivity contribution in [3.8, 4) is 6.07 Å². The lowest BCUT2D eigenvalue weighted by atomic mass is 10.1. The van der Waals surface area contributed by atoms with Gasteiger partial charge in [0.15, 0.2) is 0 Å². The molecule has 0 radical (unpaired) electrons. The number of nitriles is 1. The van der Waals surface area contributed by atoms with E-state index in [-0.39, 0.29) is 11.4 Å². The number of nitrogens with zero attached hydrogens (tertiary/aromatic N) is 2. The molecular weight excluding hydrogens is 389 g/mol. The Labute approximate surface area is 179 Å². The second-order valence-corrected chi connectivity index (χ2v) is 7.35. The van der Waals surface area contributed by atoms with Gasteiger partial charge in [0.1, 0.15) is 17.5 Å². The highest BCUT2D eigenvalue weighted by Gasteiger charge is 2.13. The number of rotatable bonds is 5. The van der Waals surface area contributed by atoms with Crippen molar-refractivity contribution in [1.29, 1.82) is 5.26 Å². The Bertz CT molecular complexity index is 1330. The number of carbonyl (C=O) groups is 1. The molecule has 0 fully saturated rings. The fourth-order valence-electron chi connectivity index (χ4n) is 3.53. The van der Waals surface area contributed by atoms with Crippen LogP contribution in [0.1, 0.15) is 16.7 Å². The number of halogens is 1. The van der Waals surface area contributed by atoms with Gasteiger partial charge in [-0.1, -0.05) is 42.5 Å². The molecule has 0 spiro atoms. The monoisotopic (exact) mass is 409 g/mol. The van der Waals surface area contributed by atoms with E-state index in [1.807, 2.05) is 66.2 Å². The molecule has 1 aromatic heterocycles. The number of aromatic nitrogens is 1. The summed E-state index contributed by atoms with van der Waals surface area (Å²) in [4.78, 5) is 12.7. The Morgan fingerprint density at radius 2 is 1.87 bits per heavy atom. The maximum atomic E-state index is 13.2. The number of benzene rings is 3. The van der Waals surface area contributed by atoms with Crippen molar-refractivity contribution in [2.45, 2.75) is 13.5 Å². The van der Waals surface area contributed by atoms with Gasteiger partial charge in [0, 0.05) is 34.9 Å². The van der Waals surface area contributed by atoms with Gasteiger partial charge in [-0.2, -0.15) is 5.26 Å². The molecule has 4 rings (SSSR count). The van der Waals surface area contributed by atoms with E-state index in [0.717, 1.165) is 27.6 Å². The number of carbonyl (C=O) groups excluding carboxylic acids is 1. The van der Waals surface area contributed by atoms with Crippen LogP contribution in [0.25, 0.3) is 17.0 Å². The number of amides is 1. The van der Waals surface area contributed by atoms with E-state index in [4.69, 9.17) is 0 Å². The Morgan fingerprint density at radius 3 is 2.61 bits per heavy atom. The highest BCUT2D eigenvalue weighted by Crippen LogP contribution is 2.25. The quantitative estimate of drug-likeness (QED) is 0.340. The minimum atomic E-state index is -0.455. The molecule has 4 aromatic rings. The summed E-state index contributed by atoms with van der Waals surface area (Å²) >= 11 is 0. The average Bonchev–Trinajstić information content (AvgIpc) is 3.11. The lowest BCUT2D eigenvalue weighted by Gasteiger charge is -2.05. The second-order valence-electron chi connectivity index (χ2n) is 7.35. The Hall–Kier alpha value is -4.17. The number of aryl methyl sites for hydroxylation is 1. The van der Waals surface area contributed by atoms with Crippen molar-refractivity contribution in [2.24, 2.45) is 0 Å². The topological polar surface area (TPSA) is 57.8 Å². The Balaban J connectivity index is 1.67. The highest BCUT2D eigenvalue weighted by molar-refractivity contribution is 6.10. The molecule has 1 amide bonds. The third-order valence-electron chi connectivity index (χ3n) is 5.03. The number of nitrogens with one attached hydrogen (secondary N) is 1. The summed E-state index contributed by atoms with van der Waals surface area (Å²) in [6.07, 6.45) is 3.51. The van der Waals surface area contributed by atoms with Crippen LogP contribution in [-0.2, 0) is 11.3 Å². The third-order valence-corrected chi connectivity index (χ3v) is 5.03. The first-order chi connectivity index (χ1) is 15.0. The standard InChI is InChI=1S/C26H20FN3O/c1-18-5-4-6-23(13-18)29-26(31)20(15-28)14-21-17-30(25-8-3-2-7-24(21)25)16-19-9-11-22(27)12-10-19/h2-14,17H,16H2,1H3,(H,29,31)/b20-14-. The second kappa shape index (κ2) is 8.68. The van der Waals surface area contributed by atoms with Crippen molar-refractivity contribution in [3.63, 3.8) is 0 Å². The molecule has 0 saturated heterocycles. The van der Waals surface area contributed by atoms with E-state index in [2.05, 4.69) is 5.32 Å². The van der Waals surface area contributed by atoms with Gasteiger partial charge < -0.3 is 9.88 Å². The number of anilines is 1. The molecule has 0 aliphatic carbocycles. The first-order valence-corrected chi connectivity index (χ1v) is 9.85. The number of fused-ring (bicyclic) bond motifs is 1. The SMILES string of the molecule is Cc1cccc(NC(=O)/C(C#N)=C\c2cn(Cc3ccc(F)cc3)c3ccccc23)c1. The van der Waals surface area contributed by atoms with Crippen LogP contribution in [0, 0.1) is 24.1 Å². The van der Waals surface area contributed by atoms with Gasteiger partial charge in [0.05, 0.1) is 0 Å². The lowest BCUT2D eigenvalue weighted by molar-refractivity contribution is -0.112. The molecule has 0 bridgehead atoms. The number of hydrogen-bond donors (Lipinski definition) is 1. The highest BCUT2D eigenvalue weighted by atomic mass is 19.1. The predicted molar refractivity (Wildman–Crippen MR) is 121 cm³/mol. The third kappa shape index (κ3) is 4.54. The van der Waals surface area contributed by atoms with Crippen LogP contribution in [0.15, 0.2) is 84.6 Å². The van der Waals surface area contributed by atoms with E-state index in [1.165, 1.54) is 12.1 Å². The van der Waals surface area contributed by atoms with Crippen LogP contribution in [0.4, 0.5) is 10.1 Å². The number of hydrogen-bond acceptors (Lipinski definition) is 2. The summed E-state index contributed by atoms with van der Waals surface area (Å²) in [6, 6.07) is 23.6. The largest absolute Gasteiger partial charge is 0.342 e. The van der Waals surface area contributed by atoms with Crippen LogP contribution in [-0.4, -0.2) is 10.5 Å². The zero-order valence-corrected chi connectivity index (χ0v) is 17.0. The van der Waals surface area contributed by atoms with Crippen molar-refractivity contribution in [2.75, 3.05) is 5.32 Å². The number of para-hydroxylation sites is 1. The van der Waals surface area contributed by atoms with Gasteiger partial charge in [0.2, 0.25) is 0 Å². The minimum Gasteiger partial charge on any atom is -0.342 e. The van der Waals surface area contributed by atoms with Crippen LogP contribution >= 0.6 is 0 Å². The molecule has 0 aliphatic rings. The first-order valence-electron chi connectivity index (χ1n) is 9.85. The molecule has 0 atom stereocenters. The molecular formula is C26H20FN3O. The lowest BCUT2D eigenvalue weighted by Crippen LogP contribution is -2.13. The van der Waals surface area contributed by atoms with Crippen molar-refractivity contribution in [1.82, 2.24) is 4.57 Å².